The van der Waals surface area contributed by atoms with Gasteiger partial charge in [-0.25, -0.2) is 49.1 Å². The number of nitrogens with zero attached hydrogens (tertiary/aromatic N) is 12. The maximum Gasteiger partial charge on any atom is 0.488 e. The van der Waals surface area contributed by atoms with Crippen LogP contribution in [0.3, 0.4) is 0 Å². The van der Waals surface area contributed by atoms with Gasteiger partial charge in [-0.15, -0.1) is 0 Å². The standard InChI is InChI=1S/C21H19N7O3.C14H13ClN6O.C7H8BNO4/c1-31-20(29)16-10-13(4-6-23-16)15-2-3-17-19(25-15)28(14-5-9-27(17)12-14)21(30)26-18-11-22-7-8-24-18;15-11-2-1-10-13(18-11)21(9-3-6-20(10)8-9)14(22)19-12-7-16-4-5-17-12;1-13-7(10)6-4-5(8(11)12)2-3-9-6/h2-4,6-8,10-11,14H,5,9,12H2,1H3,(H,24,26,30);1-2,4-5,7,9H,3,6,8H2,(H,17,19,22);2-4,11-12H,1H3/t14-;9-;/m00./s1. The molecule has 10 rings (SSSR count). The Hall–Kier alpha value is -7.89. The molecule has 2 atom stereocenters. The molecule has 66 heavy (non-hydrogen) atoms. The zero-order valence-electron chi connectivity index (χ0n) is 35.3. The minimum atomic E-state index is -1.61. The molecule has 6 aromatic rings. The Morgan fingerprint density at radius 3 is 1.73 bits per heavy atom. The third kappa shape index (κ3) is 9.77. The molecule has 4 N–H and O–H groups in total. The second kappa shape index (κ2) is 19.9. The minimum absolute atomic E-state index is 0.00925. The zero-order valence-corrected chi connectivity index (χ0v) is 36.1. The largest absolute Gasteiger partial charge is 0.488 e. The molecule has 4 bridgehead atoms. The van der Waals surface area contributed by atoms with E-state index in [4.69, 9.17) is 31.4 Å². The molecule has 0 unspecified atom stereocenters. The van der Waals surface area contributed by atoms with E-state index in [1.54, 1.807) is 40.4 Å². The maximum absolute atomic E-state index is 13.2. The summed E-state index contributed by atoms with van der Waals surface area (Å²) in [6, 6.07) is 13.1. The van der Waals surface area contributed by atoms with Crippen molar-refractivity contribution in [3.8, 4) is 11.3 Å². The number of hydrogen-bond donors (Lipinski definition) is 4. The van der Waals surface area contributed by atoms with E-state index in [1.165, 1.54) is 63.5 Å². The summed E-state index contributed by atoms with van der Waals surface area (Å²) in [5, 5.41) is 23.5. The number of methoxy groups -OCH3 is 2. The number of aromatic nitrogens is 8. The van der Waals surface area contributed by atoms with E-state index in [2.05, 4.69) is 60.1 Å². The number of carbonyl (C=O) groups excluding carboxylic acids is 4. The molecule has 2 fully saturated rings. The van der Waals surface area contributed by atoms with Crippen LogP contribution in [0.5, 0.6) is 0 Å². The lowest BCUT2D eigenvalue weighted by Gasteiger charge is -2.35. The van der Waals surface area contributed by atoms with E-state index in [1.807, 2.05) is 18.2 Å². The van der Waals surface area contributed by atoms with E-state index >= 15 is 0 Å². The predicted molar refractivity (Wildman–Crippen MR) is 242 cm³/mol. The Labute approximate surface area is 381 Å². The van der Waals surface area contributed by atoms with Crippen molar-refractivity contribution in [1.29, 1.82) is 0 Å². The van der Waals surface area contributed by atoms with Crippen LogP contribution in [0.1, 0.15) is 33.8 Å². The van der Waals surface area contributed by atoms with Gasteiger partial charge in [0.15, 0.2) is 23.3 Å². The summed E-state index contributed by atoms with van der Waals surface area (Å²) in [6.07, 6.45) is 13.8. The number of carbonyl (C=O) groups is 4. The van der Waals surface area contributed by atoms with Gasteiger partial charge in [0, 0.05) is 68.9 Å². The molecule has 0 saturated carbocycles. The zero-order chi connectivity index (χ0) is 46.3. The molecule has 22 nitrogen and oxygen atoms in total. The highest BCUT2D eigenvalue weighted by Crippen LogP contribution is 2.41. The first-order chi connectivity index (χ1) is 32.0. The smallest absolute Gasteiger partial charge is 0.464 e. The summed E-state index contributed by atoms with van der Waals surface area (Å²) in [4.78, 5) is 89.5. The predicted octanol–water partition coefficient (Wildman–Crippen LogP) is 3.05. The van der Waals surface area contributed by atoms with Crippen molar-refractivity contribution >= 4 is 82.8 Å². The number of amides is 4. The van der Waals surface area contributed by atoms with Crippen LogP contribution >= 0.6 is 11.6 Å². The minimum Gasteiger partial charge on any atom is -0.464 e. The first-order valence-corrected chi connectivity index (χ1v) is 20.7. The summed E-state index contributed by atoms with van der Waals surface area (Å²) >= 11 is 6.01. The molecule has 6 aromatic heterocycles. The third-order valence-corrected chi connectivity index (χ3v) is 11.0. The molecule has 2 saturated heterocycles. The Morgan fingerprint density at radius 1 is 0.667 bits per heavy atom. The molecular weight excluding hydrogens is 875 g/mol. The summed E-state index contributed by atoms with van der Waals surface area (Å²) in [7, 11) is 0.934. The van der Waals surface area contributed by atoms with Crippen LogP contribution < -0.4 is 35.7 Å². The first-order valence-electron chi connectivity index (χ1n) is 20.4. The highest BCUT2D eigenvalue weighted by molar-refractivity contribution is 6.58. The van der Waals surface area contributed by atoms with E-state index < -0.39 is 19.1 Å². The van der Waals surface area contributed by atoms with Gasteiger partial charge >= 0.3 is 31.1 Å². The molecule has 4 aliphatic heterocycles. The number of urea groups is 2. The normalized spacial score (nSPS) is 16.0. The van der Waals surface area contributed by atoms with E-state index in [9.17, 15) is 19.2 Å². The van der Waals surface area contributed by atoms with E-state index in [-0.39, 0.29) is 41.0 Å². The fraction of sp³-hybridized carbons (Fsp3) is 0.238. The molecule has 336 valence electrons. The number of hydrogen-bond acceptors (Lipinski definition) is 18. The molecule has 4 amide bonds. The Bertz CT molecular complexity index is 2750. The van der Waals surface area contributed by atoms with Crippen molar-refractivity contribution in [3.05, 3.63) is 115 Å². The van der Waals surface area contributed by atoms with Crippen molar-refractivity contribution in [2.75, 3.05) is 70.6 Å². The number of fused-ring (bicyclic) bond motifs is 8. The van der Waals surface area contributed by atoms with Crippen LogP contribution in [0.2, 0.25) is 5.15 Å². The number of pyridine rings is 4. The van der Waals surface area contributed by atoms with Crippen LogP contribution in [0.25, 0.3) is 11.3 Å². The Kier molecular flexibility index (Phi) is 13.5. The Morgan fingerprint density at radius 2 is 1.20 bits per heavy atom. The van der Waals surface area contributed by atoms with Gasteiger partial charge in [0.1, 0.15) is 16.5 Å². The lowest BCUT2D eigenvalue weighted by atomic mass is 9.81. The van der Waals surface area contributed by atoms with Gasteiger partial charge in [-0.05, 0) is 66.8 Å². The molecule has 0 aliphatic carbocycles. The monoisotopic (exact) mass is 914 g/mol. The van der Waals surface area contributed by atoms with E-state index in [0.717, 1.165) is 50.4 Å². The van der Waals surface area contributed by atoms with Crippen molar-refractivity contribution in [2.24, 2.45) is 0 Å². The van der Waals surface area contributed by atoms with Gasteiger partial charge in [-0.2, -0.15) is 0 Å². The molecule has 0 spiro atoms. The SMILES string of the molecule is COC(=O)c1cc(-c2ccc3c(n2)N(C(=O)Nc2cnccn2)[C@H]2CCN3C2)ccn1.COC(=O)c1cc(B(O)O)ccn1.O=C(Nc1cnccn1)N1c2nc(Cl)ccc2N2CC[C@H]1C2. The molecule has 24 heteroatoms. The van der Waals surface area contributed by atoms with Gasteiger partial charge in [0.25, 0.3) is 0 Å². The van der Waals surface area contributed by atoms with Crippen molar-refractivity contribution < 1.29 is 38.7 Å². The van der Waals surface area contributed by atoms with Gasteiger partial charge in [0.2, 0.25) is 0 Å². The highest BCUT2D eigenvalue weighted by atomic mass is 35.5. The second-order valence-electron chi connectivity index (χ2n) is 14.8. The Balaban J connectivity index is 0.000000147. The number of nitrogens with one attached hydrogen (secondary N) is 2. The topological polar surface area (TPSA) is 267 Å². The number of esters is 2. The second-order valence-corrected chi connectivity index (χ2v) is 15.2. The molecular formula is C42H40BClN14O8. The van der Waals surface area contributed by atoms with Crippen molar-refractivity contribution in [2.45, 2.75) is 24.9 Å². The van der Waals surface area contributed by atoms with Crippen molar-refractivity contribution in [1.82, 2.24) is 39.9 Å². The first kappa shape index (κ1) is 44.7. The number of ether oxygens (including phenoxy) is 2. The average molecular weight is 915 g/mol. The van der Waals surface area contributed by atoms with Crippen LogP contribution in [0, 0.1) is 0 Å². The quantitative estimate of drug-likeness (QED) is 0.106. The maximum atomic E-state index is 13.2. The summed E-state index contributed by atoms with van der Waals surface area (Å²) in [6.45, 7) is 3.33. The fourth-order valence-corrected chi connectivity index (χ4v) is 7.92. The number of anilines is 6. The van der Waals surface area contributed by atoms with Gasteiger partial charge in [-0.1, -0.05) is 11.6 Å². The van der Waals surface area contributed by atoms with Crippen molar-refractivity contribution in [3.63, 3.8) is 0 Å². The van der Waals surface area contributed by atoms with Gasteiger partial charge < -0.3 is 29.3 Å². The lowest BCUT2D eigenvalue weighted by Crippen LogP contribution is -2.48. The lowest BCUT2D eigenvalue weighted by molar-refractivity contribution is 0.0585. The van der Waals surface area contributed by atoms with E-state index in [0.29, 0.717) is 39.7 Å². The van der Waals surface area contributed by atoms with Crippen LogP contribution in [-0.2, 0) is 9.47 Å². The summed E-state index contributed by atoms with van der Waals surface area (Å²) in [5.74, 6) is 0.835. The highest BCUT2D eigenvalue weighted by Gasteiger charge is 2.42. The van der Waals surface area contributed by atoms with Crippen LogP contribution in [-0.4, -0.2) is 134 Å². The molecule has 0 aromatic carbocycles. The fourth-order valence-electron chi connectivity index (χ4n) is 7.78. The third-order valence-electron chi connectivity index (χ3n) is 10.8. The molecule has 10 heterocycles. The number of rotatable bonds is 6. The molecule has 0 radical (unpaired) electrons. The average Bonchev–Trinajstić information content (AvgIpc) is 3.97. The van der Waals surface area contributed by atoms with Gasteiger partial charge in [0.05, 0.1) is 55.8 Å². The van der Waals surface area contributed by atoms with Crippen LogP contribution in [0.15, 0.2) is 98.1 Å². The molecule has 4 aliphatic rings. The van der Waals surface area contributed by atoms with Crippen LogP contribution in [0.4, 0.5) is 44.2 Å². The summed E-state index contributed by atoms with van der Waals surface area (Å²) in [5.41, 5.74) is 3.62. The number of halogens is 1. The van der Waals surface area contributed by atoms with Gasteiger partial charge in [-0.3, -0.25) is 30.4 Å². The summed E-state index contributed by atoms with van der Waals surface area (Å²) < 4.78 is 9.16.